The lowest BCUT2D eigenvalue weighted by molar-refractivity contribution is 0.588. The second kappa shape index (κ2) is 5.05. The molecule has 0 amide bonds. The summed E-state index contributed by atoms with van der Waals surface area (Å²) in [5.41, 5.74) is 0.494. The number of primary sulfonamides is 1. The van der Waals surface area contributed by atoms with Crippen LogP contribution in [-0.2, 0) is 16.4 Å². The Morgan fingerprint density at radius 2 is 2.07 bits per heavy atom. The molecule has 0 unspecified atom stereocenters. The van der Waals surface area contributed by atoms with Crippen LogP contribution < -0.4 is 5.14 Å². The maximum Gasteiger partial charge on any atom is 0.209 e. The second-order valence-electron chi connectivity index (χ2n) is 3.18. The minimum absolute atomic E-state index is 0.126. The molecule has 3 nitrogen and oxygen atoms in total. The molecule has 0 radical (unpaired) electrons. The van der Waals surface area contributed by atoms with Gasteiger partial charge in [0.15, 0.2) is 0 Å². The largest absolute Gasteiger partial charge is 0.229 e. The molecule has 0 saturated heterocycles. The van der Waals surface area contributed by atoms with Crippen LogP contribution in [0.5, 0.6) is 0 Å². The average Bonchev–Trinajstić information content (AvgIpc) is 2.10. The zero-order chi connectivity index (χ0) is 11.5. The van der Waals surface area contributed by atoms with Gasteiger partial charge in [-0.2, -0.15) is 0 Å². The van der Waals surface area contributed by atoms with E-state index in [1.807, 2.05) is 0 Å². The van der Waals surface area contributed by atoms with Crippen LogP contribution >= 0.6 is 15.9 Å². The van der Waals surface area contributed by atoms with Crippen LogP contribution in [0.25, 0.3) is 0 Å². The lowest BCUT2D eigenvalue weighted by atomic mass is 10.1. The minimum Gasteiger partial charge on any atom is -0.229 e. The van der Waals surface area contributed by atoms with E-state index in [0.717, 1.165) is 0 Å². The predicted molar refractivity (Wildman–Crippen MR) is 60.4 cm³/mol. The Balaban J connectivity index is 2.62. The number of rotatable bonds is 4. The Morgan fingerprint density at radius 3 is 2.67 bits per heavy atom. The first kappa shape index (κ1) is 12.6. The number of nitrogens with two attached hydrogens (primary N) is 1. The van der Waals surface area contributed by atoms with Crippen LogP contribution in [0.3, 0.4) is 0 Å². The molecule has 0 aliphatic carbocycles. The van der Waals surface area contributed by atoms with Gasteiger partial charge in [-0.15, -0.1) is 0 Å². The van der Waals surface area contributed by atoms with E-state index in [0.29, 0.717) is 22.9 Å². The van der Waals surface area contributed by atoms with Crippen LogP contribution in [-0.4, -0.2) is 14.2 Å². The maximum absolute atomic E-state index is 13.4. The van der Waals surface area contributed by atoms with Crippen LogP contribution in [0.4, 0.5) is 4.39 Å². The standard InChI is InChI=1S/C9H11BrFNO2S/c10-8-5-1-3-7(9(8)11)4-2-6-15(12,13)14/h1,3,5H,2,4,6H2,(H2,12,13,14). The van der Waals surface area contributed by atoms with Crippen molar-refractivity contribution >= 4 is 26.0 Å². The summed E-state index contributed by atoms with van der Waals surface area (Å²) in [4.78, 5) is 0. The molecule has 0 bridgehead atoms. The summed E-state index contributed by atoms with van der Waals surface area (Å²) < 4.78 is 35.1. The van der Waals surface area contributed by atoms with E-state index in [1.54, 1.807) is 18.2 Å². The van der Waals surface area contributed by atoms with Crippen molar-refractivity contribution in [3.8, 4) is 0 Å². The molecule has 0 atom stereocenters. The topological polar surface area (TPSA) is 60.2 Å². The van der Waals surface area contributed by atoms with E-state index in [4.69, 9.17) is 5.14 Å². The number of aryl methyl sites for hydroxylation is 1. The molecule has 2 N–H and O–H groups in total. The van der Waals surface area contributed by atoms with Crippen LogP contribution in [0.15, 0.2) is 22.7 Å². The summed E-state index contributed by atoms with van der Waals surface area (Å²) >= 11 is 3.06. The molecule has 0 aliphatic rings. The lowest BCUT2D eigenvalue weighted by Gasteiger charge is -2.03. The summed E-state index contributed by atoms with van der Waals surface area (Å²) in [6, 6.07) is 4.93. The van der Waals surface area contributed by atoms with Gasteiger partial charge >= 0.3 is 0 Å². The predicted octanol–water partition coefficient (Wildman–Crippen LogP) is 1.81. The smallest absolute Gasteiger partial charge is 0.209 e. The van der Waals surface area contributed by atoms with Crippen molar-refractivity contribution in [3.05, 3.63) is 34.1 Å². The Morgan fingerprint density at radius 1 is 1.40 bits per heavy atom. The van der Waals surface area contributed by atoms with E-state index >= 15 is 0 Å². The number of hydrogen-bond acceptors (Lipinski definition) is 2. The van der Waals surface area contributed by atoms with E-state index in [1.165, 1.54) is 0 Å². The third-order valence-corrected chi connectivity index (χ3v) is 3.38. The molecule has 0 fully saturated rings. The van der Waals surface area contributed by atoms with Crippen molar-refractivity contribution in [2.75, 3.05) is 5.75 Å². The van der Waals surface area contributed by atoms with Crippen molar-refractivity contribution in [3.63, 3.8) is 0 Å². The zero-order valence-electron chi connectivity index (χ0n) is 7.91. The van der Waals surface area contributed by atoms with Gasteiger partial charge in [0.05, 0.1) is 10.2 Å². The second-order valence-corrected chi connectivity index (χ2v) is 5.77. The van der Waals surface area contributed by atoms with Crippen molar-refractivity contribution in [2.24, 2.45) is 5.14 Å². The van der Waals surface area contributed by atoms with Gasteiger partial charge in [0.2, 0.25) is 10.0 Å². The molecule has 0 heterocycles. The Kier molecular flexibility index (Phi) is 4.24. The molecular weight excluding hydrogens is 285 g/mol. The average molecular weight is 296 g/mol. The van der Waals surface area contributed by atoms with Crippen molar-refractivity contribution < 1.29 is 12.8 Å². The van der Waals surface area contributed by atoms with Gasteiger partial charge in [0.25, 0.3) is 0 Å². The molecule has 15 heavy (non-hydrogen) atoms. The third kappa shape index (κ3) is 4.27. The Labute approximate surface area is 96.7 Å². The molecule has 1 aromatic carbocycles. The molecule has 0 aliphatic heterocycles. The highest BCUT2D eigenvalue weighted by atomic mass is 79.9. The first-order valence-corrected chi connectivity index (χ1v) is 6.84. The summed E-state index contributed by atoms with van der Waals surface area (Å²) in [5.74, 6) is -0.467. The molecule has 1 rings (SSSR count). The fraction of sp³-hybridized carbons (Fsp3) is 0.333. The normalized spacial score (nSPS) is 11.7. The fourth-order valence-electron chi connectivity index (χ4n) is 1.21. The Bertz CT molecular complexity index is 447. The molecule has 6 heteroatoms. The first-order valence-electron chi connectivity index (χ1n) is 4.33. The van der Waals surface area contributed by atoms with E-state index in [9.17, 15) is 12.8 Å². The first-order chi connectivity index (χ1) is 6.90. The lowest BCUT2D eigenvalue weighted by Crippen LogP contribution is -2.16. The van der Waals surface area contributed by atoms with Gasteiger partial charge in [-0.25, -0.2) is 17.9 Å². The highest BCUT2D eigenvalue weighted by molar-refractivity contribution is 9.10. The van der Waals surface area contributed by atoms with E-state index in [-0.39, 0.29) is 11.6 Å². The zero-order valence-corrected chi connectivity index (χ0v) is 10.3. The number of halogens is 2. The van der Waals surface area contributed by atoms with Gasteiger partial charge in [-0.1, -0.05) is 12.1 Å². The van der Waals surface area contributed by atoms with Crippen molar-refractivity contribution in [1.82, 2.24) is 0 Å². The highest BCUT2D eigenvalue weighted by Gasteiger charge is 2.07. The molecule has 1 aromatic rings. The molecule has 0 aromatic heterocycles. The molecule has 0 spiro atoms. The van der Waals surface area contributed by atoms with Crippen molar-refractivity contribution in [2.45, 2.75) is 12.8 Å². The summed E-state index contributed by atoms with van der Waals surface area (Å²) in [6.45, 7) is 0. The monoisotopic (exact) mass is 295 g/mol. The number of benzene rings is 1. The van der Waals surface area contributed by atoms with Crippen LogP contribution in [0.2, 0.25) is 0 Å². The summed E-state index contributed by atoms with van der Waals surface area (Å²) in [7, 11) is -3.45. The number of sulfonamides is 1. The maximum atomic E-state index is 13.4. The summed E-state index contributed by atoms with van der Waals surface area (Å²) in [5, 5.41) is 4.84. The van der Waals surface area contributed by atoms with E-state index < -0.39 is 10.0 Å². The fourth-order valence-corrected chi connectivity index (χ4v) is 2.16. The third-order valence-electron chi connectivity index (χ3n) is 1.91. The van der Waals surface area contributed by atoms with Gasteiger partial charge in [0, 0.05) is 0 Å². The Hall–Kier alpha value is -0.460. The van der Waals surface area contributed by atoms with Crippen LogP contribution in [0, 0.1) is 5.82 Å². The molecule has 84 valence electrons. The minimum atomic E-state index is -3.45. The van der Waals surface area contributed by atoms with Gasteiger partial charge in [-0.3, -0.25) is 0 Å². The van der Waals surface area contributed by atoms with Crippen molar-refractivity contribution in [1.29, 1.82) is 0 Å². The summed E-state index contributed by atoms with van der Waals surface area (Å²) in [6.07, 6.45) is 0.688. The van der Waals surface area contributed by atoms with Gasteiger partial charge < -0.3 is 0 Å². The van der Waals surface area contributed by atoms with E-state index in [2.05, 4.69) is 15.9 Å². The quantitative estimate of drug-likeness (QED) is 0.921. The van der Waals surface area contributed by atoms with Gasteiger partial charge in [0.1, 0.15) is 5.82 Å². The molecule has 0 saturated carbocycles. The highest BCUT2D eigenvalue weighted by Crippen LogP contribution is 2.19. The molecular formula is C9H11BrFNO2S. The number of hydrogen-bond donors (Lipinski definition) is 1. The van der Waals surface area contributed by atoms with Crippen LogP contribution in [0.1, 0.15) is 12.0 Å². The van der Waals surface area contributed by atoms with Gasteiger partial charge in [-0.05, 0) is 40.4 Å². The SMILES string of the molecule is NS(=O)(=O)CCCc1cccc(Br)c1F.